The smallest absolute Gasteiger partial charge is 0.214 e. The molecule has 1 heterocycles. The van der Waals surface area contributed by atoms with Crippen molar-refractivity contribution in [2.45, 2.75) is 51.7 Å². The topological polar surface area (TPSA) is 58.6 Å². The fourth-order valence-electron chi connectivity index (χ4n) is 2.63. The zero-order valence-corrected chi connectivity index (χ0v) is 13.6. The normalized spacial score (nSPS) is 23.4. The monoisotopic (exact) mass is 292 g/mol. The summed E-state index contributed by atoms with van der Waals surface area (Å²) < 4.78 is 32.3. The Morgan fingerprint density at radius 2 is 1.63 bits per heavy atom. The summed E-state index contributed by atoms with van der Waals surface area (Å²) in [4.78, 5) is 0. The first-order chi connectivity index (χ1) is 8.58. The lowest BCUT2D eigenvalue weighted by Gasteiger charge is -2.46. The van der Waals surface area contributed by atoms with Crippen LogP contribution in [0.15, 0.2) is 0 Å². The molecule has 0 bridgehead atoms. The minimum atomic E-state index is -3.18. The average Bonchev–Trinajstić information content (AvgIpc) is 2.20. The zero-order valence-electron chi connectivity index (χ0n) is 12.8. The molecule has 0 radical (unpaired) electrons. The molecule has 1 aliphatic heterocycles. The van der Waals surface area contributed by atoms with Gasteiger partial charge in [0.15, 0.2) is 0 Å². The van der Waals surface area contributed by atoms with Crippen molar-refractivity contribution in [3.05, 3.63) is 0 Å². The first kappa shape index (κ1) is 16.9. The van der Waals surface area contributed by atoms with Crippen molar-refractivity contribution in [3.63, 3.8) is 0 Å². The van der Waals surface area contributed by atoms with Crippen molar-refractivity contribution >= 4 is 10.0 Å². The molecular weight excluding hydrogens is 264 g/mol. The Labute approximate surface area is 117 Å². The Balaban J connectivity index is 2.66. The number of nitrogens with one attached hydrogen (secondary N) is 1. The van der Waals surface area contributed by atoms with Crippen LogP contribution in [0, 0.1) is 0 Å². The van der Waals surface area contributed by atoms with Gasteiger partial charge in [0, 0.05) is 13.1 Å². The second-order valence-corrected chi connectivity index (χ2v) is 8.60. The van der Waals surface area contributed by atoms with Crippen LogP contribution in [0.4, 0.5) is 0 Å². The molecule has 0 aromatic heterocycles. The maximum atomic E-state index is 12.4. The summed E-state index contributed by atoms with van der Waals surface area (Å²) in [6.07, 6.45) is 1.58. The minimum Gasteiger partial charge on any atom is -0.367 e. The molecule has 0 saturated carbocycles. The van der Waals surface area contributed by atoms with E-state index in [1.165, 1.54) is 0 Å². The highest BCUT2D eigenvalue weighted by Gasteiger charge is 2.42. The second-order valence-electron chi connectivity index (χ2n) is 6.52. The van der Waals surface area contributed by atoms with Crippen LogP contribution in [0.25, 0.3) is 0 Å². The second kappa shape index (κ2) is 6.08. The molecule has 114 valence electrons. The molecular formula is C13H28N2O3S. The van der Waals surface area contributed by atoms with Gasteiger partial charge in [-0.05, 0) is 54.1 Å². The summed E-state index contributed by atoms with van der Waals surface area (Å²) in [6.45, 7) is 9.49. The third-order valence-corrected chi connectivity index (χ3v) is 4.99. The van der Waals surface area contributed by atoms with Gasteiger partial charge in [-0.1, -0.05) is 0 Å². The molecule has 0 aromatic rings. The van der Waals surface area contributed by atoms with Crippen molar-refractivity contribution in [1.82, 2.24) is 9.62 Å². The number of morpholine rings is 1. The Bertz CT molecular complexity index is 375. The molecule has 19 heavy (non-hydrogen) atoms. The standard InChI is InChI=1S/C13H28N2O3S/c1-12(2)10-15(11-13(3,4)18-12)19(16,17)9-7-6-8-14-5/h14H,6-11H2,1-5H3. The van der Waals surface area contributed by atoms with Gasteiger partial charge in [0.25, 0.3) is 0 Å². The van der Waals surface area contributed by atoms with E-state index < -0.39 is 21.2 Å². The molecule has 0 aliphatic carbocycles. The third kappa shape index (κ3) is 5.38. The Kier molecular flexibility index (Phi) is 5.40. The molecule has 0 aromatic carbocycles. The fourth-order valence-corrected chi connectivity index (χ4v) is 4.47. The van der Waals surface area contributed by atoms with Gasteiger partial charge in [-0.25, -0.2) is 8.42 Å². The van der Waals surface area contributed by atoms with Crippen LogP contribution in [-0.2, 0) is 14.8 Å². The van der Waals surface area contributed by atoms with Gasteiger partial charge >= 0.3 is 0 Å². The lowest BCUT2D eigenvalue weighted by molar-refractivity contribution is -0.163. The molecule has 1 rings (SSSR count). The SMILES string of the molecule is CNCCCCS(=O)(=O)N1CC(C)(C)OC(C)(C)C1. The molecule has 1 N–H and O–H groups in total. The van der Waals surface area contributed by atoms with Crippen molar-refractivity contribution in [2.75, 3.05) is 32.4 Å². The van der Waals surface area contributed by atoms with Crippen LogP contribution in [0.2, 0.25) is 0 Å². The van der Waals surface area contributed by atoms with E-state index in [1.54, 1.807) is 4.31 Å². The minimum absolute atomic E-state index is 0.223. The van der Waals surface area contributed by atoms with Crippen LogP contribution in [0.1, 0.15) is 40.5 Å². The van der Waals surface area contributed by atoms with E-state index in [2.05, 4.69) is 5.32 Å². The van der Waals surface area contributed by atoms with Crippen LogP contribution in [-0.4, -0.2) is 56.4 Å². The van der Waals surface area contributed by atoms with Crippen molar-refractivity contribution in [1.29, 1.82) is 0 Å². The van der Waals surface area contributed by atoms with Gasteiger partial charge < -0.3 is 10.1 Å². The largest absolute Gasteiger partial charge is 0.367 e. The molecule has 1 saturated heterocycles. The first-order valence-electron chi connectivity index (χ1n) is 6.91. The quantitative estimate of drug-likeness (QED) is 0.748. The van der Waals surface area contributed by atoms with Crippen LogP contribution < -0.4 is 5.32 Å². The summed E-state index contributed by atoms with van der Waals surface area (Å²) in [6, 6.07) is 0. The van der Waals surface area contributed by atoms with Crippen molar-refractivity contribution in [3.8, 4) is 0 Å². The number of ether oxygens (including phenoxy) is 1. The van der Waals surface area contributed by atoms with E-state index in [4.69, 9.17) is 4.74 Å². The summed E-state index contributed by atoms with van der Waals surface area (Å²) in [7, 11) is -1.30. The van der Waals surface area contributed by atoms with E-state index in [0.29, 0.717) is 19.5 Å². The van der Waals surface area contributed by atoms with Crippen molar-refractivity contribution in [2.24, 2.45) is 0 Å². The number of hydrogen-bond donors (Lipinski definition) is 1. The molecule has 0 unspecified atom stereocenters. The highest BCUT2D eigenvalue weighted by molar-refractivity contribution is 7.89. The van der Waals surface area contributed by atoms with E-state index in [-0.39, 0.29) is 5.75 Å². The van der Waals surface area contributed by atoms with E-state index >= 15 is 0 Å². The molecule has 1 aliphatic rings. The van der Waals surface area contributed by atoms with Gasteiger partial charge in [0.05, 0.1) is 17.0 Å². The first-order valence-corrected chi connectivity index (χ1v) is 8.52. The lowest BCUT2D eigenvalue weighted by atomic mass is 10.0. The van der Waals surface area contributed by atoms with E-state index in [9.17, 15) is 8.42 Å². The molecule has 1 fully saturated rings. The van der Waals surface area contributed by atoms with E-state index in [0.717, 1.165) is 13.0 Å². The Morgan fingerprint density at radius 1 is 1.11 bits per heavy atom. The molecule has 0 amide bonds. The van der Waals surface area contributed by atoms with Crippen molar-refractivity contribution < 1.29 is 13.2 Å². The maximum Gasteiger partial charge on any atom is 0.214 e. The predicted octanol–water partition coefficient (Wildman–Crippen LogP) is 1.21. The number of sulfonamides is 1. The summed E-state index contributed by atoms with van der Waals surface area (Å²) >= 11 is 0. The van der Waals surface area contributed by atoms with Gasteiger partial charge in [0.2, 0.25) is 10.0 Å². The number of hydrogen-bond acceptors (Lipinski definition) is 4. The lowest BCUT2D eigenvalue weighted by Crippen LogP contribution is -2.58. The van der Waals surface area contributed by atoms with Crippen LogP contribution >= 0.6 is 0 Å². The molecule has 5 nitrogen and oxygen atoms in total. The molecule has 0 atom stereocenters. The van der Waals surface area contributed by atoms with Gasteiger partial charge in [-0.2, -0.15) is 4.31 Å². The van der Waals surface area contributed by atoms with Gasteiger partial charge in [0.1, 0.15) is 0 Å². The van der Waals surface area contributed by atoms with Crippen LogP contribution in [0.3, 0.4) is 0 Å². The van der Waals surface area contributed by atoms with Gasteiger partial charge in [-0.15, -0.1) is 0 Å². The maximum absolute atomic E-state index is 12.4. The Hall–Kier alpha value is -0.170. The summed E-state index contributed by atoms with van der Waals surface area (Å²) in [5.41, 5.74) is -0.862. The number of unbranched alkanes of at least 4 members (excludes halogenated alkanes) is 1. The predicted molar refractivity (Wildman–Crippen MR) is 77.8 cm³/mol. The fraction of sp³-hybridized carbons (Fsp3) is 1.00. The highest BCUT2D eigenvalue weighted by Crippen LogP contribution is 2.29. The third-order valence-electron chi connectivity index (χ3n) is 3.14. The summed E-state index contributed by atoms with van der Waals surface area (Å²) in [5, 5.41) is 3.03. The van der Waals surface area contributed by atoms with Gasteiger partial charge in [-0.3, -0.25) is 0 Å². The number of nitrogens with zero attached hydrogens (tertiary/aromatic N) is 1. The zero-order chi connectivity index (χ0) is 14.7. The molecule has 0 spiro atoms. The Morgan fingerprint density at radius 3 is 2.11 bits per heavy atom. The highest BCUT2D eigenvalue weighted by atomic mass is 32.2. The number of rotatable bonds is 6. The summed E-state index contributed by atoms with van der Waals surface area (Å²) in [5.74, 6) is 0.223. The van der Waals surface area contributed by atoms with Crippen LogP contribution in [0.5, 0.6) is 0 Å². The molecule has 6 heteroatoms. The average molecular weight is 292 g/mol. The van der Waals surface area contributed by atoms with E-state index in [1.807, 2.05) is 34.7 Å².